The van der Waals surface area contributed by atoms with Crippen LogP contribution in [0.4, 0.5) is 0 Å². The number of para-hydroxylation sites is 1. The van der Waals surface area contributed by atoms with Gasteiger partial charge in [-0.2, -0.15) is 5.26 Å². The van der Waals surface area contributed by atoms with Gasteiger partial charge in [-0.3, -0.25) is 0 Å². The molecule has 0 N–H and O–H groups in total. The predicted molar refractivity (Wildman–Crippen MR) is 302 cm³/mol. The summed E-state index contributed by atoms with van der Waals surface area (Å²) in [6.45, 7) is 18.1. The van der Waals surface area contributed by atoms with Crippen LogP contribution in [0.5, 0.6) is 0 Å². The highest BCUT2D eigenvalue weighted by Gasteiger charge is 2.25. The summed E-state index contributed by atoms with van der Waals surface area (Å²) in [7, 11) is 0. The van der Waals surface area contributed by atoms with Gasteiger partial charge in [0.2, 0.25) is 0 Å². The van der Waals surface area contributed by atoms with E-state index in [0.717, 1.165) is 111 Å². The van der Waals surface area contributed by atoms with Crippen molar-refractivity contribution in [3.63, 3.8) is 0 Å². The number of unbranched alkanes of at least 4 members (excludes halogenated alkanes) is 2. The van der Waals surface area contributed by atoms with Crippen molar-refractivity contribution in [2.45, 2.75) is 105 Å². The first kappa shape index (κ1) is 48.5. The largest absolute Gasteiger partial charge is 0.308 e. The molecular weight excluding hydrogens is 891 g/mol. The molecule has 0 saturated heterocycles. The smallest absolute Gasteiger partial charge is 0.166 e. The molecule has 0 fully saturated rings. The molecule has 0 amide bonds. The summed E-state index contributed by atoms with van der Waals surface area (Å²) < 4.78 is 2.30. The third-order valence-corrected chi connectivity index (χ3v) is 13.9. The van der Waals surface area contributed by atoms with Crippen LogP contribution in [0.25, 0.3) is 95.6 Å². The van der Waals surface area contributed by atoms with E-state index in [2.05, 4.69) is 181 Å². The summed E-state index contributed by atoms with van der Waals surface area (Å²) in [5.74, 6) is 2.43. The molecule has 0 saturated carbocycles. The Morgan fingerprint density at radius 2 is 0.973 bits per heavy atom. The highest BCUT2D eigenvalue weighted by Crippen LogP contribution is 2.40. The minimum Gasteiger partial charge on any atom is -0.308 e. The van der Waals surface area contributed by atoms with Crippen LogP contribution in [0.3, 0.4) is 0 Å². The summed E-state index contributed by atoms with van der Waals surface area (Å²) in [6, 6.07) is 59.7. The standard InChI is InChI=1S/C66H63N7/c1-9-11-21-43-33-44(22-12-10-2)35-49(34-43)62-70-63(50-37-51(65(3,4)5)40-52(38-50)66(6,7)8)72-64(71-62)55-39-48(57-41-56(46-23-15-13-16-24-46)68-61(69-57)47-25-17-14-18-26-47)30-32-60(55)73-58-28-20-19-27-53(58)54-36-45(42-67)29-31-59(54)73/h13-20,23-41H,9-12,21-22H2,1-8H3. The van der Waals surface area contributed by atoms with Gasteiger partial charge in [-0.1, -0.05) is 165 Å². The minimum absolute atomic E-state index is 0.130. The van der Waals surface area contributed by atoms with Gasteiger partial charge < -0.3 is 4.57 Å². The predicted octanol–water partition coefficient (Wildman–Crippen LogP) is 16.9. The second-order valence-corrected chi connectivity index (χ2v) is 21.5. The second kappa shape index (κ2) is 20.2. The van der Waals surface area contributed by atoms with E-state index in [0.29, 0.717) is 28.9 Å². The van der Waals surface area contributed by atoms with E-state index in [4.69, 9.17) is 24.9 Å². The summed E-state index contributed by atoms with van der Waals surface area (Å²) in [5.41, 5.74) is 15.4. The van der Waals surface area contributed by atoms with Gasteiger partial charge >= 0.3 is 0 Å². The maximum absolute atomic E-state index is 10.1. The topological polar surface area (TPSA) is 93.2 Å². The molecule has 3 aromatic heterocycles. The molecule has 10 rings (SSSR count). The van der Waals surface area contributed by atoms with Crippen molar-refractivity contribution < 1.29 is 0 Å². The van der Waals surface area contributed by atoms with Gasteiger partial charge in [-0.05, 0) is 125 Å². The van der Waals surface area contributed by atoms with E-state index in [1.54, 1.807) is 0 Å². The van der Waals surface area contributed by atoms with Gasteiger partial charge in [0.25, 0.3) is 0 Å². The van der Waals surface area contributed by atoms with E-state index < -0.39 is 0 Å². The van der Waals surface area contributed by atoms with Crippen LogP contribution in [-0.2, 0) is 23.7 Å². The quantitative estimate of drug-likeness (QED) is 0.114. The molecule has 0 radical (unpaired) electrons. The van der Waals surface area contributed by atoms with Gasteiger partial charge in [0.1, 0.15) is 0 Å². The first-order valence-corrected chi connectivity index (χ1v) is 25.9. The van der Waals surface area contributed by atoms with Crippen molar-refractivity contribution in [1.29, 1.82) is 5.26 Å². The zero-order valence-electron chi connectivity index (χ0n) is 43.5. The van der Waals surface area contributed by atoms with Crippen molar-refractivity contribution in [1.82, 2.24) is 29.5 Å². The number of hydrogen-bond acceptors (Lipinski definition) is 6. The van der Waals surface area contributed by atoms with E-state index >= 15 is 0 Å². The number of nitriles is 1. The third-order valence-electron chi connectivity index (χ3n) is 13.9. The average Bonchev–Trinajstić information content (AvgIpc) is 3.74. The first-order valence-electron chi connectivity index (χ1n) is 25.9. The van der Waals surface area contributed by atoms with Crippen LogP contribution in [0.15, 0.2) is 164 Å². The second-order valence-electron chi connectivity index (χ2n) is 21.5. The van der Waals surface area contributed by atoms with Crippen LogP contribution in [0.2, 0.25) is 0 Å². The Hall–Kier alpha value is -8.08. The molecule has 0 unspecified atom stereocenters. The van der Waals surface area contributed by atoms with Gasteiger partial charge in [0.15, 0.2) is 23.3 Å². The maximum Gasteiger partial charge on any atom is 0.166 e. The van der Waals surface area contributed by atoms with Gasteiger partial charge in [0, 0.05) is 44.2 Å². The van der Waals surface area contributed by atoms with Crippen molar-refractivity contribution >= 4 is 21.8 Å². The summed E-state index contributed by atoms with van der Waals surface area (Å²) >= 11 is 0. The molecular formula is C66H63N7. The van der Waals surface area contributed by atoms with Gasteiger partial charge in [0.05, 0.1) is 39.7 Å². The lowest BCUT2D eigenvalue weighted by Crippen LogP contribution is -2.17. The molecule has 0 aliphatic carbocycles. The zero-order valence-corrected chi connectivity index (χ0v) is 43.5. The van der Waals surface area contributed by atoms with Crippen LogP contribution in [0.1, 0.15) is 109 Å². The number of aryl methyl sites for hydroxylation is 2. The Bertz CT molecular complexity index is 3560. The number of benzene rings is 7. The number of rotatable bonds is 13. The number of nitrogens with zero attached hydrogens (tertiary/aromatic N) is 7. The molecule has 7 nitrogen and oxygen atoms in total. The lowest BCUT2D eigenvalue weighted by Gasteiger charge is -2.26. The lowest BCUT2D eigenvalue weighted by molar-refractivity contribution is 0.569. The molecule has 7 heteroatoms. The SMILES string of the molecule is CCCCc1cc(CCCC)cc(-c2nc(-c3cc(C(C)(C)C)cc(C(C)(C)C)c3)nc(-c3cc(-c4cc(-c5ccccc5)nc(-c5ccccc5)n4)ccc3-n3c4ccccc4c4cc(C#N)ccc43)n2)c1. The van der Waals surface area contributed by atoms with Crippen LogP contribution in [0, 0.1) is 11.3 Å². The van der Waals surface area contributed by atoms with E-state index in [9.17, 15) is 5.26 Å². The molecule has 3 heterocycles. The molecule has 0 aliphatic rings. The van der Waals surface area contributed by atoms with Crippen molar-refractivity contribution in [2.75, 3.05) is 0 Å². The third kappa shape index (κ3) is 10.2. The molecule has 7 aromatic carbocycles. The van der Waals surface area contributed by atoms with Crippen molar-refractivity contribution in [3.05, 3.63) is 192 Å². The summed E-state index contributed by atoms with van der Waals surface area (Å²) in [4.78, 5) is 27.1. The molecule has 362 valence electrons. The maximum atomic E-state index is 10.1. The van der Waals surface area contributed by atoms with Gasteiger partial charge in [-0.15, -0.1) is 0 Å². The Morgan fingerprint density at radius 3 is 1.58 bits per heavy atom. The number of aromatic nitrogens is 6. The molecule has 0 spiro atoms. The first-order chi connectivity index (χ1) is 35.3. The Labute approximate surface area is 430 Å². The lowest BCUT2D eigenvalue weighted by atomic mass is 9.79. The fourth-order valence-corrected chi connectivity index (χ4v) is 9.76. The number of fused-ring (bicyclic) bond motifs is 3. The minimum atomic E-state index is -0.130. The van der Waals surface area contributed by atoms with E-state index in [1.807, 2.05) is 48.5 Å². The zero-order chi connectivity index (χ0) is 50.9. The molecule has 0 aliphatic heterocycles. The molecule has 73 heavy (non-hydrogen) atoms. The van der Waals surface area contributed by atoms with E-state index in [-0.39, 0.29) is 10.8 Å². The summed E-state index contributed by atoms with van der Waals surface area (Å²) in [6.07, 6.45) is 6.40. The van der Waals surface area contributed by atoms with Crippen LogP contribution < -0.4 is 0 Å². The fourth-order valence-electron chi connectivity index (χ4n) is 9.76. The Kier molecular flexibility index (Phi) is 13.4. The molecule has 0 atom stereocenters. The Morgan fingerprint density at radius 1 is 0.438 bits per heavy atom. The Balaban J connectivity index is 1.30. The highest BCUT2D eigenvalue weighted by molar-refractivity contribution is 6.10. The van der Waals surface area contributed by atoms with Gasteiger partial charge in [-0.25, -0.2) is 24.9 Å². The summed E-state index contributed by atoms with van der Waals surface area (Å²) in [5, 5.41) is 12.1. The van der Waals surface area contributed by atoms with E-state index in [1.165, 1.54) is 22.3 Å². The van der Waals surface area contributed by atoms with Crippen molar-refractivity contribution in [2.24, 2.45) is 0 Å². The normalized spacial score (nSPS) is 11.9. The van der Waals surface area contributed by atoms with Crippen LogP contribution >= 0.6 is 0 Å². The molecule has 0 bridgehead atoms. The van der Waals surface area contributed by atoms with Crippen LogP contribution in [-0.4, -0.2) is 29.5 Å². The molecule has 10 aromatic rings. The number of hydrogen-bond donors (Lipinski definition) is 0. The highest BCUT2D eigenvalue weighted by atomic mass is 15.1. The monoisotopic (exact) mass is 954 g/mol. The van der Waals surface area contributed by atoms with Crippen molar-refractivity contribution in [3.8, 4) is 79.8 Å². The average molecular weight is 954 g/mol. The fraction of sp³-hybridized carbons (Fsp3) is 0.242.